The highest BCUT2D eigenvalue weighted by Gasteiger charge is 2.25. The average molecular weight is 248 g/mol. The maximum atomic E-state index is 11.9. The predicted molar refractivity (Wildman–Crippen MR) is 66.9 cm³/mol. The van der Waals surface area contributed by atoms with Crippen LogP contribution in [0, 0.1) is 5.92 Å². The van der Waals surface area contributed by atoms with Crippen molar-refractivity contribution in [2.75, 3.05) is 31.9 Å². The van der Waals surface area contributed by atoms with Gasteiger partial charge in [0, 0.05) is 19.6 Å². The molecule has 1 fully saturated rings. The van der Waals surface area contributed by atoms with Crippen molar-refractivity contribution in [1.29, 1.82) is 0 Å². The Bertz CT molecular complexity index is 282. The molecule has 1 aliphatic rings. The van der Waals surface area contributed by atoms with E-state index in [0.29, 0.717) is 25.6 Å². The molecule has 1 rings (SSSR count). The van der Waals surface area contributed by atoms with Crippen LogP contribution in [0.25, 0.3) is 0 Å². The zero-order valence-corrected chi connectivity index (χ0v) is 11.2. The minimum atomic E-state index is -3.02. The lowest BCUT2D eigenvalue weighted by atomic mass is 10.0. The zero-order chi connectivity index (χ0) is 12.0. The Morgan fingerprint density at radius 3 is 2.44 bits per heavy atom. The van der Waals surface area contributed by atoms with Gasteiger partial charge in [-0.1, -0.05) is 13.8 Å². The number of hydrogen-bond acceptors (Lipinski definition) is 3. The molecule has 96 valence electrons. The van der Waals surface area contributed by atoms with E-state index in [1.54, 1.807) is 4.31 Å². The van der Waals surface area contributed by atoms with E-state index in [9.17, 15) is 8.42 Å². The molecule has 1 aliphatic heterocycles. The average Bonchev–Trinajstić information content (AvgIpc) is 2.25. The van der Waals surface area contributed by atoms with E-state index < -0.39 is 10.0 Å². The highest BCUT2D eigenvalue weighted by Crippen LogP contribution is 2.18. The van der Waals surface area contributed by atoms with Crippen LogP contribution < -0.4 is 5.32 Å². The molecule has 0 amide bonds. The van der Waals surface area contributed by atoms with E-state index in [0.717, 1.165) is 25.8 Å². The third-order valence-corrected chi connectivity index (χ3v) is 4.97. The second kappa shape index (κ2) is 6.57. The van der Waals surface area contributed by atoms with Gasteiger partial charge in [-0.25, -0.2) is 12.7 Å². The summed E-state index contributed by atoms with van der Waals surface area (Å²) >= 11 is 0. The van der Waals surface area contributed by atoms with Crippen molar-refractivity contribution in [3.05, 3.63) is 0 Å². The van der Waals surface area contributed by atoms with E-state index in [4.69, 9.17) is 0 Å². The molecule has 0 aliphatic carbocycles. The maximum absolute atomic E-state index is 11.9. The van der Waals surface area contributed by atoms with Crippen molar-refractivity contribution in [2.45, 2.75) is 33.1 Å². The fourth-order valence-corrected chi connectivity index (χ4v) is 3.32. The van der Waals surface area contributed by atoms with Crippen LogP contribution in [0.1, 0.15) is 33.1 Å². The molecule has 0 spiro atoms. The Hall–Kier alpha value is -0.130. The van der Waals surface area contributed by atoms with Gasteiger partial charge < -0.3 is 5.32 Å². The highest BCUT2D eigenvalue weighted by molar-refractivity contribution is 7.89. The summed E-state index contributed by atoms with van der Waals surface area (Å²) in [5.74, 6) is 0.908. The number of nitrogens with one attached hydrogen (secondary N) is 1. The summed E-state index contributed by atoms with van der Waals surface area (Å²) in [6.07, 6.45) is 3.05. The SMILES string of the molecule is CCCNCCS(=O)(=O)N1CCC(C)CC1. The molecule has 1 saturated heterocycles. The molecule has 1 heterocycles. The maximum Gasteiger partial charge on any atom is 0.215 e. The summed E-state index contributed by atoms with van der Waals surface area (Å²) < 4.78 is 25.5. The molecule has 5 heteroatoms. The van der Waals surface area contributed by atoms with Gasteiger partial charge >= 0.3 is 0 Å². The van der Waals surface area contributed by atoms with Crippen LogP contribution in [0.5, 0.6) is 0 Å². The first-order chi connectivity index (χ1) is 7.56. The number of sulfonamides is 1. The van der Waals surface area contributed by atoms with E-state index in [-0.39, 0.29) is 5.75 Å². The summed E-state index contributed by atoms with van der Waals surface area (Å²) in [6.45, 7) is 7.14. The van der Waals surface area contributed by atoms with E-state index in [2.05, 4.69) is 19.2 Å². The van der Waals surface area contributed by atoms with Crippen LogP contribution in [0.3, 0.4) is 0 Å². The molecule has 0 aromatic heterocycles. The lowest BCUT2D eigenvalue weighted by Crippen LogP contribution is -2.41. The summed E-state index contributed by atoms with van der Waals surface area (Å²) in [6, 6.07) is 0. The molecule has 0 aromatic carbocycles. The number of piperidine rings is 1. The van der Waals surface area contributed by atoms with Crippen LogP contribution in [0.15, 0.2) is 0 Å². The fourth-order valence-electron chi connectivity index (χ4n) is 1.90. The van der Waals surface area contributed by atoms with Gasteiger partial charge in [0.25, 0.3) is 0 Å². The molecule has 1 N–H and O–H groups in total. The van der Waals surface area contributed by atoms with Crippen LogP contribution in [-0.2, 0) is 10.0 Å². The third-order valence-electron chi connectivity index (χ3n) is 3.10. The largest absolute Gasteiger partial charge is 0.316 e. The second-order valence-electron chi connectivity index (χ2n) is 4.65. The summed E-state index contributed by atoms with van der Waals surface area (Å²) in [7, 11) is -3.02. The Labute approximate surface area is 99.5 Å². The van der Waals surface area contributed by atoms with Gasteiger partial charge in [-0.2, -0.15) is 0 Å². The normalized spacial score (nSPS) is 20.1. The Morgan fingerprint density at radius 1 is 1.25 bits per heavy atom. The quantitative estimate of drug-likeness (QED) is 0.715. The molecular formula is C11H24N2O2S. The topological polar surface area (TPSA) is 49.4 Å². The van der Waals surface area contributed by atoms with Gasteiger partial charge in [-0.3, -0.25) is 0 Å². The van der Waals surface area contributed by atoms with Gasteiger partial charge in [0.05, 0.1) is 5.75 Å². The molecule has 16 heavy (non-hydrogen) atoms. The minimum absolute atomic E-state index is 0.237. The molecule has 0 unspecified atom stereocenters. The standard InChI is InChI=1S/C11H24N2O2S/c1-3-6-12-7-10-16(14,15)13-8-4-11(2)5-9-13/h11-12H,3-10H2,1-2H3. The third kappa shape index (κ3) is 4.39. The van der Waals surface area contributed by atoms with Crippen molar-refractivity contribution in [3.63, 3.8) is 0 Å². The molecule has 0 radical (unpaired) electrons. The zero-order valence-electron chi connectivity index (χ0n) is 10.4. The van der Waals surface area contributed by atoms with Gasteiger partial charge in [0.15, 0.2) is 0 Å². The van der Waals surface area contributed by atoms with E-state index in [1.165, 1.54) is 0 Å². The highest BCUT2D eigenvalue weighted by atomic mass is 32.2. The van der Waals surface area contributed by atoms with Crippen LogP contribution in [-0.4, -0.2) is 44.7 Å². The van der Waals surface area contributed by atoms with Crippen molar-refractivity contribution in [2.24, 2.45) is 5.92 Å². The van der Waals surface area contributed by atoms with Crippen molar-refractivity contribution in [1.82, 2.24) is 9.62 Å². The predicted octanol–water partition coefficient (Wildman–Crippen LogP) is 1.05. The Kier molecular flexibility index (Phi) is 5.72. The van der Waals surface area contributed by atoms with Crippen LogP contribution in [0.4, 0.5) is 0 Å². The van der Waals surface area contributed by atoms with Crippen molar-refractivity contribution in [3.8, 4) is 0 Å². The number of nitrogens with zero attached hydrogens (tertiary/aromatic N) is 1. The lowest BCUT2D eigenvalue weighted by Gasteiger charge is -2.29. The van der Waals surface area contributed by atoms with Crippen molar-refractivity contribution >= 4 is 10.0 Å². The smallest absolute Gasteiger partial charge is 0.215 e. The van der Waals surface area contributed by atoms with E-state index in [1.807, 2.05) is 0 Å². The van der Waals surface area contributed by atoms with Gasteiger partial charge in [-0.15, -0.1) is 0 Å². The summed E-state index contributed by atoms with van der Waals surface area (Å²) in [5, 5.41) is 3.13. The molecule has 0 atom stereocenters. The monoisotopic (exact) mass is 248 g/mol. The van der Waals surface area contributed by atoms with E-state index >= 15 is 0 Å². The molecule has 0 saturated carbocycles. The van der Waals surface area contributed by atoms with Crippen LogP contribution in [0.2, 0.25) is 0 Å². The van der Waals surface area contributed by atoms with Gasteiger partial charge in [0.2, 0.25) is 10.0 Å². The lowest BCUT2D eigenvalue weighted by molar-refractivity contribution is 0.288. The fraction of sp³-hybridized carbons (Fsp3) is 1.00. The number of hydrogen-bond donors (Lipinski definition) is 1. The minimum Gasteiger partial charge on any atom is -0.316 e. The first kappa shape index (κ1) is 13.9. The van der Waals surface area contributed by atoms with Gasteiger partial charge in [0.1, 0.15) is 0 Å². The molecule has 0 aromatic rings. The first-order valence-corrected chi connectivity index (χ1v) is 7.85. The van der Waals surface area contributed by atoms with Gasteiger partial charge in [-0.05, 0) is 31.7 Å². The van der Waals surface area contributed by atoms with Crippen LogP contribution >= 0.6 is 0 Å². The number of rotatable bonds is 6. The first-order valence-electron chi connectivity index (χ1n) is 6.25. The summed E-state index contributed by atoms with van der Waals surface area (Å²) in [4.78, 5) is 0. The molecule has 0 bridgehead atoms. The summed E-state index contributed by atoms with van der Waals surface area (Å²) in [5.41, 5.74) is 0. The Morgan fingerprint density at radius 2 is 1.88 bits per heavy atom. The molecular weight excluding hydrogens is 224 g/mol. The second-order valence-corrected chi connectivity index (χ2v) is 6.74. The molecule has 4 nitrogen and oxygen atoms in total. The Balaban J connectivity index is 2.33. The van der Waals surface area contributed by atoms with Crippen molar-refractivity contribution < 1.29 is 8.42 Å².